The molecule has 0 saturated carbocycles. The quantitative estimate of drug-likeness (QED) is 0.617. The number of allylic oxidation sites excluding steroid dienone is 2. The van der Waals surface area contributed by atoms with Gasteiger partial charge in [-0.2, -0.15) is 0 Å². The van der Waals surface area contributed by atoms with Crippen LogP contribution >= 0.6 is 15.9 Å². The monoisotopic (exact) mass is 296 g/mol. The highest BCUT2D eigenvalue weighted by Crippen LogP contribution is 2.19. The molecule has 1 rings (SSSR count). The van der Waals surface area contributed by atoms with E-state index in [1.165, 1.54) is 16.8 Å². The molecular formula is C14H21BrN2. The summed E-state index contributed by atoms with van der Waals surface area (Å²) in [6.45, 7) is 4.33. The van der Waals surface area contributed by atoms with Crippen molar-refractivity contribution < 1.29 is 0 Å². The fourth-order valence-electron chi connectivity index (χ4n) is 1.95. The third-order valence-corrected chi connectivity index (χ3v) is 3.37. The summed E-state index contributed by atoms with van der Waals surface area (Å²) in [6.07, 6.45) is 4.19. The Morgan fingerprint density at radius 1 is 1.24 bits per heavy atom. The van der Waals surface area contributed by atoms with Crippen LogP contribution in [0.3, 0.4) is 0 Å². The van der Waals surface area contributed by atoms with E-state index in [9.17, 15) is 0 Å². The minimum Gasteiger partial charge on any atom is -0.328 e. The van der Waals surface area contributed by atoms with Crippen LogP contribution in [0.15, 0.2) is 40.0 Å². The van der Waals surface area contributed by atoms with Crippen LogP contribution in [0.5, 0.6) is 0 Å². The molecule has 0 aliphatic rings. The molecule has 2 nitrogen and oxygen atoms in total. The van der Waals surface area contributed by atoms with Crippen molar-refractivity contribution in [3.8, 4) is 0 Å². The molecule has 0 bridgehead atoms. The first kappa shape index (κ1) is 14.3. The zero-order valence-corrected chi connectivity index (χ0v) is 12.2. The fourth-order valence-corrected chi connectivity index (χ4v) is 2.21. The maximum atomic E-state index is 5.58. The Morgan fingerprint density at radius 2 is 1.88 bits per heavy atom. The maximum absolute atomic E-state index is 5.58. The van der Waals surface area contributed by atoms with Crippen LogP contribution in [0.4, 0.5) is 0 Å². The number of hydrogen-bond donors (Lipinski definition) is 2. The molecule has 0 aromatic heterocycles. The van der Waals surface area contributed by atoms with E-state index in [-0.39, 0.29) is 0 Å². The fraction of sp³-hybridized carbons (Fsp3) is 0.429. The molecule has 0 heterocycles. The van der Waals surface area contributed by atoms with E-state index in [1.54, 1.807) is 0 Å². The molecule has 1 aromatic carbocycles. The Kier molecular flexibility index (Phi) is 6.30. The number of benzene rings is 1. The first-order valence-electron chi connectivity index (χ1n) is 6.13. The van der Waals surface area contributed by atoms with Crippen LogP contribution in [-0.4, -0.2) is 0 Å². The van der Waals surface area contributed by atoms with Gasteiger partial charge in [-0.25, -0.2) is 0 Å². The Balaban J connectivity index is 2.86. The van der Waals surface area contributed by atoms with E-state index in [4.69, 9.17) is 5.84 Å². The molecule has 0 saturated heterocycles. The van der Waals surface area contributed by atoms with Crippen molar-refractivity contribution in [1.29, 1.82) is 0 Å². The summed E-state index contributed by atoms with van der Waals surface area (Å²) in [5.74, 6) is 5.58. The van der Waals surface area contributed by atoms with Crippen LogP contribution in [0.1, 0.15) is 38.7 Å². The number of nitrogens with two attached hydrogens (primary N) is 1. The second-order valence-corrected chi connectivity index (χ2v) is 5.05. The number of rotatable bonds is 6. The lowest BCUT2D eigenvalue weighted by Crippen LogP contribution is -2.22. The van der Waals surface area contributed by atoms with Crippen molar-refractivity contribution in [2.24, 2.45) is 5.84 Å². The van der Waals surface area contributed by atoms with Gasteiger partial charge in [0, 0.05) is 10.2 Å². The first-order chi connectivity index (χ1) is 8.21. The standard InChI is InChI=1S/C14H21BrN2/c1-3-5-12(14(4-2)17-16)10-11-6-8-13(15)9-7-11/h6-9,17H,3-5,10,16H2,1-2H3/b14-12+. The number of nitrogens with one attached hydrogen (secondary N) is 1. The van der Waals surface area contributed by atoms with Gasteiger partial charge in [0.2, 0.25) is 0 Å². The minimum absolute atomic E-state index is 0.961. The molecule has 0 amide bonds. The lowest BCUT2D eigenvalue weighted by Gasteiger charge is -2.13. The van der Waals surface area contributed by atoms with Gasteiger partial charge in [0.1, 0.15) is 0 Å². The predicted octanol–water partition coefficient (Wildman–Crippen LogP) is 3.92. The second kappa shape index (κ2) is 7.51. The summed E-state index contributed by atoms with van der Waals surface area (Å²) in [7, 11) is 0. The predicted molar refractivity (Wildman–Crippen MR) is 77.4 cm³/mol. The van der Waals surface area contributed by atoms with Crippen molar-refractivity contribution in [2.45, 2.75) is 39.5 Å². The SMILES string of the molecule is CCC/C(Cc1ccc(Br)cc1)=C(/CC)NN. The zero-order chi connectivity index (χ0) is 12.7. The van der Waals surface area contributed by atoms with Crippen molar-refractivity contribution in [3.63, 3.8) is 0 Å². The van der Waals surface area contributed by atoms with E-state index in [0.29, 0.717) is 0 Å². The molecule has 94 valence electrons. The van der Waals surface area contributed by atoms with Crippen LogP contribution in [0.2, 0.25) is 0 Å². The molecular weight excluding hydrogens is 276 g/mol. The average Bonchev–Trinajstić information content (AvgIpc) is 2.34. The maximum Gasteiger partial charge on any atom is 0.0251 e. The van der Waals surface area contributed by atoms with Crippen LogP contribution in [0.25, 0.3) is 0 Å². The smallest absolute Gasteiger partial charge is 0.0251 e. The molecule has 0 aliphatic carbocycles. The minimum atomic E-state index is 0.961. The van der Waals surface area contributed by atoms with Crippen molar-refractivity contribution >= 4 is 15.9 Å². The van der Waals surface area contributed by atoms with Crippen molar-refractivity contribution in [3.05, 3.63) is 45.6 Å². The normalized spacial score (nSPS) is 12.2. The van der Waals surface area contributed by atoms with Crippen molar-refractivity contribution in [2.75, 3.05) is 0 Å². The molecule has 0 aliphatic heterocycles. The molecule has 1 aromatic rings. The highest BCUT2D eigenvalue weighted by molar-refractivity contribution is 9.10. The lowest BCUT2D eigenvalue weighted by atomic mass is 9.98. The summed E-state index contributed by atoms with van der Waals surface area (Å²) in [5, 5.41) is 0. The largest absolute Gasteiger partial charge is 0.328 e. The van der Waals surface area contributed by atoms with E-state index < -0.39 is 0 Å². The van der Waals surface area contributed by atoms with Gasteiger partial charge in [0.15, 0.2) is 0 Å². The van der Waals surface area contributed by atoms with E-state index in [1.807, 2.05) is 0 Å². The molecule has 3 N–H and O–H groups in total. The topological polar surface area (TPSA) is 38.0 Å². The van der Waals surface area contributed by atoms with Gasteiger partial charge in [-0.3, -0.25) is 5.84 Å². The molecule has 0 spiro atoms. The first-order valence-corrected chi connectivity index (χ1v) is 6.92. The van der Waals surface area contributed by atoms with Crippen LogP contribution in [-0.2, 0) is 6.42 Å². The Hall–Kier alpha value is -0.800. The highest BCUT2D eigenvalue weighted by Gasteiger charge is 2.05. The lowest BCUT2D eigenvalue weighted by molar-refractivity contribution is 0.756. The number of halogens is 1. The van der Waals surface area contributed by atoms with Crippen LogP contribution < -0.4 is 11.3 Å². The summed E-state index contributed by atoms with van der Waals surface area (Å²) in [5.41, 5.74) is 6.76. The van der Waals surface area contributed by atoms with Gasteiger partial charge < -0.3 is 5.43 Å². The molecule has 0 atom stereocenters. The van der Waals surface area contributed by atoms with Crippen molar-refractivity contribution in [1.82, 2.24) is 5.43 Å². The van der Waals surface area contributed by atoms with Gasteiger partial charge in [-0.15, -0.1) is 0 Å². The molecule has 0 fully saturated rings. The second-order valence-electron chi connectivity index (χ2n) is 4.13. The molecule has 17 heavy (non-hydrogen) atoms. The van der Waals surface area contributed by atoms with E-state index in [2.05, 4.69) is 59.5 Å². The Bertz CT molecular complexity index is 362. The van der Waals surface area contributed by atoms with E-state index in [0.717, 1.165) is 30.2 Å². The van der Waals surface area contributed by atoms with Gasteiger partial charge >= 0.3 is 0 Å². The summed E-state index contributed by atoms with van der Waals surface area (Å²) in [4.78, 5) is 0. The third-order valence-electron chi connectivity index (χ3n) is 2.84. The van der Waals surface area contributed by atoms with Gasteiger partial charge in [-0.1, -0.05) is 48.3 Å². The molecule has 0 radical (unpaired) electrons. The van der Waals surface area contributed by atoms with Gasteiger partial charge in [-0.05, 0) is 42.5 Å². The highest BCUT2D eigenvalue weighted by atomic mass is 79.9. The van der Waals surface area contributed by atoms with Crippen LogP contribution in [0, 0.1) is 0 Å². The number of hydrogen-bond acceptors (Lipinski definition) is 2. The Labute approximate surface area is 112 Å². The number of hydrazine groups is 1. The summed E-state index contributed by atoms with van der Waals surface area (Å²) >= 11 is 3.45. The average molecular weight is 297 g/mol. The molecule has 3 heteroatoms. The summed E-state index contributed by atoms with van der Waals surface area (Å²) in [6, 6.07) is 8.48. The van der Waals surface area contributed by atoms with Gasteiger partial charge in [0.05, 0.1) is 0 Å². The van der Waals surface area contributed by atoms with E-state index >= 15 is 0 Å². The third kappa shape index (κ3) is 4.52. The zero-order valence-electron chi connectivity index (χ0n) is 10.6. The Morgan fingerprint density at radius 3 is 2.35 bits per heavy atom. The van der Waals surface area contributed by atoms with Gasteiger partial charge in [0.25, 0.3) is 0 Å². The molecule has 0 unspecified atom stereocenters. The summed E-state index contributed by atoms with van der Waals surface area (Å²) < 4.78 is 1.12.